The van der Waals surface area contributed by atoms with Gasteiger partial charge in [0.1, 0.15) is 5.75 Å². The SMILES string of the molecule is CCOc1ccc(C(=O)Oc2ccc(C=NNC(=O)c3cc(OC)c(OC)c(OC)c3)cc2OCC)cc1. The van der Waals surface area contributed by atoms with Crippen molar-refractivity contribution in [1.82, 2.24) is 5.43 Å². The van der Waals surface area contributed by atoms with Crippen LogP contribution in [0.5, 0.6) is 34.5 Å². The van der Waals surface area contributed by atoms with E-state index in [1.807, 2.05) is 13.8 Å². The Morgan fingerprint density at radius 2 is 1.42 bits per heavy atom. The standard InChI is InChI=1S/C28H30N2O8/c1-6-36-21-11-9-19(10-12-21)28(32)38-22-13-8-18(14-23(22)37-7-2)17-29-30-27(31)20-15-24(33-3)26(35-5)25(16-20)34-4/h8-17H,6-7H2,1-5H3,(H,30,31). The highest BCUT2D eigenvalue weighted by molar-refractivity contribution is 5.96. The molecule has 10 heteroatoms. The Hall–Kier alpha value is -4.73. The molecule has 38 heavy (non-hydrogen) atoms. The van der Waals surface area contributed by atoms with Crippen LogP contribution in [0.25, 0.3) is 0 Å². The zero-order valence-corrected chi connectivity index (χ0v) is 21.9. The van der Waals surface area contributed by atoms with Crippen LogP contribution >= 0.6 is 0 Å². The predicted molar refractivity (Wildman–Crippen MR) is 141 cm³/mol. The van der Waals surface area contributed by atoms with Crippen LogP contribution in [-0.2, 0) is 0 Å². The zero-order chi connectivity index (χ0) is 27.5. The minimum Gasteiger partial charge on any atom is -0.494 e. The van der Waals surface area contributed by atoms with Gasteiger partial charge < -0.3 is 28.4 Å². The van der Waals surface area contributed by atoms with Crippen molar-refractivity contribution in [2.45, 2.75) is 13.8 Å². The number of rotatable bonds is 12. The average Bonchev–Trinajstić information content (AvgIpc) is 2.94. The first kappa shape index (κ1) is 27.9. The first-order valence-corrected chi connectivity index (χ1v) is 11.8. The molecule has 10 nitrogen and oxygen atoms in total. The number of nitrogens with one attached hydrogen (secondary N) is 1. The lowest BCUT2D eigenvalue weighted by Gasteiger charge is -2.13. The number of esters is 1. The third-order valence-corrected chi connectivity index (χ3v) is 5.18. The molecule has 0 saturated heterocycles. The second-order valence-corrected chi connectivity index (χ2v) is 7.60. The number of nitrogens with zero attached hydrogens (tertiary/aromatic N) is 1. The Morgan fingerprint density at radius 3 is 2.00 bits per heavy atom. The lowest BCUT2D eigenvalue weighted by atomic mass is 10.1. The van der Waals surface area contributed by atoms with E-state index in [1.165, 1.54) is 39.7 Å². The molecule has 200 valence electrons. The number of carbonyl (C=O) groups is 2. The van der Waals surface area contributed by atoms with E-state index in [9.17, 15) is 9.59 Å². The normalized spacial score (nSPS) is 10.6. The number of hydrogen-bond acceptors (Lipinski definition) is 9. The van der Waals surface area contributed by atoms with E-state index in [0.717, 1.165) is 0 Å². The summed E-state index contributed by atoms with van der Waals surface area (Å²) in [5.74, 6) is 1.33. The maximum atomic E-state index is 12.6. The molecule has 0 atom stereocenters. The van der Waals surface area contributed by atoms with Crippen LogP contribution in [0.1, 0.15) is 40.1 Å². The molecular weight excluding hydrogens is 492 g/mol. The van der Waals surface area contributed by atoms with Crippen molar-refractivity contribution in [2.75, 3.05) is 34.5 Å². The summed E-state index contributed by atoms with van der Waals surface area (Å²) in [6.45, 7) is 4.59. The van der Waals surface area contributed by atoms with Gasteiger partial charge >= 0.3 is 5.97 Å². The van der Waals surface area contributed by atoms with Gasteiger partial charge in [0.15, 0.2) is 23.0 Å². The molecule has 3 aromatic rings. The Kier molecular flexibility index (Phi) is 9.93. The molecule has 3 aromatic carbocycles. The molecule has 0 bridgehead atoms. The minimum atomic E-state index is -0.534. The topological polar surface area (TPSA) is 114 Å². The molecule has 0 aliphatic heterocycles. The van der Waals surface area contributed by atoms with Crippen LogP contribution in [0, 0.1) is 0 Å². The summed E-state index contributed by atoms with van der Waals surface area (Å²) in [4.78, 5) is 25.3. The van der Waals surface area contributed by atoms with E-state index < -0.39 is 11.9 Å². The van der Waals surface area contributed by atoms with Crippen molar-refractivity contribution in [3.63, 3.8) is 0 Å². The Morgan fingerprint density at radius 1 is 0.763 bits per heavy atom. The third kappa shape index (κ3) is 6.94. The Bertz CT molecular complexity index is 1260. The van der Waals surface area contributed by atoms with Gasteiger partial charge in [-0.2, -0.15) is 5.10 Å². The molecule has 1 amide bonds. The van der Waals surface area contributed by atoms with Crippen LogP contribution in [0.4, 0.5) is 0 Å². The average molecular weight is 523 g/mol. The van der Waals surface area contributed by atoms with Crippen molar-refractivity contribution in [3.05, 3.63) is 71.3 Å². The van der Waals surface area contributed by atoms with E-state index in [1.54, 1.807) is 42.5 Å². The molecular formula is C28H30N2O8. The molecule has 0 saturated carbocycles. The molecule has 0 fully saturated rings. The summed E-state index contributed by atoms with van der Waals surface area (Å²) < 4.78 is 32.4. The third-order valence-electron chi connectivity index (χ3n) is 5.18. The lowest BCUT2D eigenvalue weighted by Crippen LogP contribution is -2.18. The number of benzene rings is 3. The molecule has 0 heterocycles. The highest BCUT2D eigenvalue weighted by Gasteiger charge is 2.17. The van der Waals surface area contributed by atoms with Crippen molar-refractivity contribution in [2.24, 2.45) is 5.10 Å². The number of hydrazone groups is 1. The van der Waals surface area contributed by atoms with Crippen LogP contribution in [0.15, 0.2) is 59.7 Å². The van der Waals surface area contributed by atoms with E-state index >= 15 is 0 Å². The van der Waals surface area contributed by atoms with Crippen LogP contribution in [0.3, 0.4) is 0 Å². The fraction of sp³-hybridized carbons (Fsp3) is 0.250. The second kappa shape index (κ2) is 13.5. The number of amides is 1. The molecule has 0 aliphatic carbocycles. The van der Waals surface area contributed by atoms with Gasteiger partial charge in [-0.3, -0.25) is 4.79 Å². The van der Waals surface area contributed by atoms with Crippen LogP contribution in [-0.4, -0.2) is 52.6 Å². The van der Waals surface area contributed by atoms with Crippen molar-refractivity contribution >= 4 is 18.1 Å². The van der Waals surface area contributed by atoms with Gasteiger partial charge in [-0.25, -0.2) is 10.2 Å². The Labute approximate surface area is 221 Å². The van der Waals surface area contributed by atoms with E-state index in [2.05, 4.69) is 10.5 Å². The first-order chi connectivity index (χ1) is 18.4. The summed E-state index contributed by atoms with van der Waals surface area (Å²) in [5.41, 5.74) is 3.71. The zero-order valence-electron chi connectivity index (χ0n) is 21.9. The summed E-state index contributed by atoms with van der Waals surface area (Å²) >= 11 is 0. The summed E-state index contributed by atoms with van der Waals surface area (Å²) in [6, 6.07) is 14.6. The van der Waals surface area contributed by atoms with Crippen molar-refractivity contribution in [1.29, 1.82) is 0 Å². The number of ether oxygens (including phenoxy) is 6. The largest absolute Gasteiger partial charge is 0.494 e. The lowest BCUT2D eigenvalue weighted by molar-refractivity contribution is 0.0728. The molecule has 0 radical (unpaired) electrons. The van der Waals surface area contributed by atoms with Gasteiger partial charge in [0.2, 0.25) is 5.75 Å². The minimum absolute atomic E-state index is 0.254. The quantitative estimate of drug-likeness (QED) is 0.160. The summed E-state index contributed by atoms with van der Waals surface area (Å²) in [7, 11) is 4.41. The van der Waals surface area contributed by atoms with Gasteiger partial charge in [0.05, 0.1) is 46.3 Å². The maximum absolute atomic E-state index is 12.6. The summed E-state index contributed by atoms with van der Waals surface area (Å²) in [5, 5.41) is 4.02. The molecule has 0 aromatic heterocycles. The fourth-order valence-electron chi connectivity index (χ4n) is 3.41. The van der Waals surface area contributed by atoms with E-state index in [0.29, 0.717) is 53.1 Å². The number of methoxy groups -OCH3 is 3. The monoisotopic (exact) mass is 522 g/mol. The highest BCUT2D eigenvalue weighted by Crippen LogP contribution is 2.38. The molecule has 0 aliphatic rings. The van der Waals surface area contributed by atoms with Gasteiger partial charge in [0, 0.05) is 5.56 Å². The van der Waals surface area contributed by atoms with Gasteiger partial charge in [-0.05, 0) is 74.0 Å². The second-order valence-electron chi connectivity index (χ2n) is 7.60. The highest BCUT2D eigenvalue weighted by atomic mass is 16.6. The fourth-order valence-corrected chi connectivity index (χ4v) is 3.41. The molecule has 3 rings (SSSR count). The maximum Gasteiger partial charge on any atom is 0.343 e. The van der Waals surface area contributed by atoms with Gasteiger partial charge in [-0.1, -0.05) is 0 Å². The van der Waals surface area contributed by atoms with Gasteiger partial charge in [0.25, 0.3) is 5.91 Å². The predicted octanol–water partition coefficient (Wildman–Crippen LogP) is 4.49. The number of hydrogen-bond donors (Lipinski definition) is 1. The van der Waals surface area contributed by atoms with E-state index in [-0.39, 0.29) is 11.3 Å². The van der Waals surface area contributed by atoms with Crippen LogP contribution < -0.4 is 33.8 Å². The summed E-state index contributed by atoms with van der Waals surface area (Å²) in [6.07, 6.45) is 1.44. The first-order valence-electron chi connectivity index (χ1n) is 11.8. The van der Waals surface area contributed by atoms with Gasteiger partial charge in [-0.15, -0.1) is 0 Å². The molecule has 0 spiro atoms. The van der Waals surface area contributed by atoms with Crippen LogP contribution in [0.2, 0.25) is 0 Å². The number of carbonyl (C=O) groups excluding carboxylic acids is 2. The molecule has 0 unspecified atom stereocenters. The van der Waals surface area contributed by atoms with E-state index in [4.69, 9.17) is 28.4 Å². The van der Waals surface area contributed by atoms with Crippen molar-refractivity contribution < 1.29 is 38.0 Å². The molecule has 1 N–H and O–H groups in total. The van der Waals surface area contributed by atoms with Crippen molar-refractivity contribution in [3.8, 4) is 34.5 Å². The Balaban J connectivity index is 1.72. The smallest absolute Gasteiger partial charge is 0.343 e.